The smallest absolute Gasteiger partial charge is 0.304 e. The molecule has 3 aromatic carbocycles. The zero-order chi connectivity index (χ0) is 25.7. The third-order valence-electron chi connectivity index (χ3n) is 6.95. The monoisotopic (exact) mass is 485 g/mol. The number of anilines is 1. The van der Waals surface area contributed by atoms with Crippen LogP contribution in [0.15, 0.2) is 78.9 Å². The minimum atomic E-state index is -1.28. The first-order chi connectivity index (χ1) is 17.3. The average molecular weight is 486 g/mol. The van der Waals surface area contributed by atoms with Crippen molar-refractivity contribution in [2.45, 2.75) is 31.7 Å². The van der Waals surface area contributed by atoms with Gasteiger partial charge in [0.15, 0.2) is 5.78 Å². The number of Topliss-reactive ketones (excluding diaryl/α,β-unsaturated/α-hetero) is 1. The molecule has 1 aliphatic rings. The van der Waals surface area contributed by atoms with E-state index in [-0.39, 0.29) is 24.7 Å². The molecule has 1 heterocycles. The number of hydrogen-bond donors (Lipinski definition) is 3. The van der Waals surface area contributed by atoms with E-state index in [0.717, 1.165) is 23.1 Å². The van der Waals surface area contributed by atoms with Crippen molar-refractivity contribution >= 4 is 23.3 Å². The van der Waals surface area contributed by atoms with Gasteiger partial charge in [-0.1, -0.05) is 66.7 Å². The Morgan fingerprint density at radius 3 is 2.33 bits per heavy atom. The van der Waals surface area contributed by atoms with Gasteiger partial charge in [-0.2, -0.15) is 0 Å². The summed E-state index contributed by atoms with van der Waals surface area (Å²) in [6.07, 6.45) is 1.10. The van der Waals surface area contributed by atoms with Gasteiger partial charge in [0.1, 0.15) is 0 Å². The molecule has 0 aliphatic carbocycles. The zero-order valence-corrected chi connectivity index (χ0v) is 20.1. The maximum absolute atomic E-state index is 13.6. The van der Waals surface area contributed by atoms with Gasteiger partial charge < -0.3 is 21.5 Å². The summed E-state index contributed by atoms with van der Waals surface area (Å²) < 4.78 is 0. The summed E-state index contributed by atoms with van der Waals surface area (Å²) in [6.45, 7) is 0.234. The van der Waals surface area contributed by atoms with E-state index >= 15 is 0 Å². The van der Waals surface area contributed by atoms with E-state index in [1.54, 1.807) is 17.0 Å². The van der Waals surface area contributed by atoms with E-state index in [9.17, 15) is 19.5 Å². The molecule has 0 bridgehead atoms. The van der Waals surface area contributed by atoms with E-state index in [0.29, 0.717) is 24.2 Å². The minimum Gasteiger partial charge on any atom is -0.481 e. The van der Waals surface area contributed by atoms with Crippen molar-refractivity contribution < 1.29 is 19.5 Å². The van der Waals surface area contributed by atoms with Crippen LogP contribution in [0.2, 0.25) is 0 Å². The minimum absolute atomic E-state index is 0.0930. The Bertz CT molecular complexity index is 1240. The fraction of sp³-hybridized carbons (Fsp3) is 0.276. The molecule has 0 radical (unpaired) electrons. The Labute approximate surface area is 210 Å². The number of aryl methyl sites for hydroxylation is 1. The number of carboxylic acids is 1. The maximum Gasteiger partial charge on any atom is 0.304 e. The first kappa shape index (κ1) is 25.1. The number of aliphatic carboxylic acids is 1. The molecule has 0 aromatic heterocycles. The predicted octanol–water partition coefficient (Wildman–Crippen LogP) is 3.77. The van der Waals surface area contributed by atoms with Crippen molar-refractivity contribution in [3.8, 4) is 11.1 Å². The van der Waals surface area contributed by atoms with Gasteiger partial charge in [-0.3, -0.25) is 14.4 Å². The van der Waals surface area contributed by atoms with Crippen LogP contribution in [-0.4, -0.2) is 46.8 Å². The molecule has 7 heteroatoms. The molecule has 1 aliphatic heterocycles. The normalized spacial score (nSPS) is 19.4. The summed E-state index contributed by atoms with van der Waals surface area (Å²) in [5, 5.41) is 9.48. The van der Waals surface area contributed by atoms with E-state index in [2.05, 4.69) is 0 Å². The Morgan fingerprint density at radius 1 is 0.972 bits per heavy atom. The highest BCUT2D eigenvalue weighted by molar-refractivity contribution is 6.05. The van der Waals surface area contributed by atoms with Crippen LogP contribution in [0.1, 0.15) is 35.2 Å². The number of carbonyl (C=O) groups is 3. The highest BCUT2D eigenvalue weighted by atomic mass is 16.4. The van der Waals surface area contributed by atoms with Crippen LogP contribution in [0, 0.1) is 5.41 Å². The number of nitrogens with two attached hydrogens (primary N) is 2. The van der Waals surface area contributed by atoms with Crippen LogP contribution >= 0.6 is 0 Å². The lowest BCUT2D eigenvalue weighted by molar-refractivity contribution is -0.146. The molecule has 4 rings (SSSR count). The fourth-order valence-electron chi connectivity index (χ4n) is 5.02. The lowest BCUT2D eigenvalue weighted by Crippen LogP contribution is -2.43. The number of carboxylic acid groups (broad SMARTS) is 1. The number of nitrogens with zero attached hydrogens (tertiary/aromatic N) is 1. The van der Waals surface area contributed by atoms with Gasteiger partial charge in [-0.05, 0) is 48.1 Å². The van der Waals surface area contributed by atoms with E-state index < -0.39 is 23.8 Å². The third kappa shape index (κ3) is 5.31. The van der Waals surface area contributed by atoms with Crippen molar-refractivity contribution in [2.24, 2.45) is 11.1 Å². The molecule has 0 unspecified atom stereocenters. The largest absolute Gasteiger partial charge is 0.481 e. The molecule has 1 fully saturated rings. The molecule has 186 valence electrons. The Kier molecular flexibility index (Phi) is 7.50. The van der Waals surface area contributed by atoms with Crippen LogP contribution in [0.5, 0.6) is 0 Å². The third-order valence-corrected chi connectivity index (χ3v) is 6.95. The zero-order valence-electron chi connectivity index (χ0n) is 20.1. The molecule has 3 aromatic rings. The Hall–Kier alpha value is -3.97. The Morgan fingerprint density at radius 2 is 1.69 bits per heavy atom. The predicted molar refractivity (Wildman–Crippen MR) is 139 cm³/mol. The molecule has 0 spiro atoms. The van der Waals surface area contributed by atoms with Crippen molar-refractivity contribution in [3.05, 3.63) is 90.0 Å². The summed E-state index contributed by atoms with van der Waals surface area (Å²) >= 11 is 0. The van der Waals surface area contributed by atoms with E-state index in [1.807, 2.05) is 66.7 Å². The molecular formula is C29H31N3O4. The van der Waals surface area contributed by atoms with Crippen molar-refractivity contribution in [1.82, 2.24) is 4.90 Å². The summed E-state index contributed by atoms with van der Waals surface area (Å²) in [7, 11) is 0. The van der Waals surface area contributed by atoms with Gasteiger partial charge in [-0.15, -0.1) is 0 Å². The highest BCUT2D eigenvalue weighted by Gasteiger charge is 2.53. The number of rotatable bonds is 10. The molecule has 5 N–H and O–H groups in total. The number of benzene rings is 3. The fourth-order valence-corrected chi connectivity index (χ4v) is 5.02. The van der Waals surface area contributed by atoms with Gasteiger partial charge in [0, 0.05) is 24.3 Å². The molecule has 1 saturated heterocycles. The number of hydrogen-bond acceptors (Lipinski definition) is 5. The molecular weight excluding hydrogens is 454 g/mol. The highest BCUT2D eigenvalue weighted by Crippen LogP contribution is 2.40. The van der Waals surface area contributed by atoms with Crippen LogP contribution in [0.4, 0.5) is 5.69 Å². The molecule has 36 heavy (non-hydrogen) atoms. The number of carbonyl (C=O) groups excluding carboxylic acids is 2. The summed E-state index contributed by atoms with van der Waals surface area (Å²) in [5.41, 5.74) is 14.7. The molecule has 0 saturated carbocycles. The average Bonchev–Trinajstić information content (AvgIpc) is 3.15. The lowest BCUT2D eigenvalue weighted by Gasteiger charge is -2.25. The number of likely N-dealkylation sites (tertiary alicyclic amines) is 1. The number of ketones is 1. The van der Waals surface area contributed by atoms with Gasteiger partial charge in [0.05, 0.1) is 17.9 Å². The lowest BCUT2D eigenvalue weighted by atomic mass is 9.80. The number of nitrogen functional groups attached to an aromatic ring is 1. The van der Waals surface area contributed by atoms with Gasteiger partial charge in [0.2, 0.25) is 5.91 Å². The van der Waals surface area contributed by atoms with E-state index in [4.69, 9.17) is 11.5 Å². The first-order valence-electron chi connectivity index (χ1n) is 12.1. The van der Waals surface area contributed by atoms with Gasteiger partial charge in [-0.25, -0.2) is 0 Å². The van der Waals surface area contributed by atoms with Gasteiger partial charge >= 0.3 is 5.97 Å². The van der Waals surface area contributed by atoms with Crippen molar-refractivity contribution in [2.75, 3.05) is 18.8 Å². The topological polar surface area (TPSA) is 127 Å². The second kappa shape index (κ2) is 10.7. The first-order valence-corrected chi connectivity index (χ1v) is 12.1. The standard InChI is InChI=1S/C29H31N3O4/c30-19-29(18-26(33)34)17-25(32(28(29)36)15-5-8-20-6-2-1-3-7-20)27(35)22-13-11-21(12-14-22)23-9-4-10-24(31)16-23/h1-4,6-7,9-14,16,25H,5,8,15,17-19,30-31H2,(H,33,34)/t25-,29-/m0/s1. The SMILES string of the molecule is NC[C@@]1(CC(=O)O)C[C@@H](C(=O)c2ccc(-c3cccc(N)c3)cc2)N(CCCc2ccccc2)C1=O. The molecule has 2 atom stereocenters. The molecule has 1 amide bonds. The number of amides is 1. The van der Waals surface area contributed by atoms with Crippen LogP contribution in [-0.2, 0) is 16.0 Å². The van der Waals surface area contributed by atoms with Crippen molar-refractivity contribution in [3.63, 3.8) is 0 Å². The second-order valence-corrected chi connectivity index (χ2v) is 9.43. The van der Waals surface area contributed by atoms with Crippen LogP contribution in [0.25, 0.3) is 11.1 Å². The second-order valence-electron chi connectivity index (χ2n) is 9.43. The summed E-state index contributed by atoms with van der Waals surface area (Å²) in [5.74, 6) is -1.66. The van der Waals surface area contributed by atoms with Gasteiger partial charge in [0.25, 0.3) is 0 Å². The van der Waals surface area contributed by atoms with E-state index in [1.165, 1.54) is 0 Å². The van der Waals surface area contributed by atoms with Crippen LogP contribution in [0.3, 0.4) is 0 Å². The summed E-state index contributed by atoms with van der Waals surface area (Å²) in [6, 6.07) is 23.8. The maximum atomic E-state index is 13.6. The summed E-state index contributed by atoms with van der Waals surface area (Å²) in [4.78, 5) is 40.2. The molecule has 7 nitrogen and oxygen atoms in total. The quantitative estimate of drug-likeness (QED) is 0.296. The van der Waals surface area contributed by atoms with Crippen molar-refractivity contribution in [1.29, 1.82) is 0 Å². The van der Waals surface area contributed by atoms with Crippen LogP contribution < -0.4 is 11.5 Å². The Balaban J connectivity index is 1.57.